The van der Waals surface area contributed by atoms with Crippen molar-refractivity contribution in [3.63, 3.8) is 0 Å². The van der Waals surface area contributed by atoms with Crippen LogP contribution in [0.2, 0.25) is 0 Å². The van der Waals surface area contributed by atoms with Gasteiger partial charge in [0.1, 0.15) is 0 Å². The maximum atomic E-state index is 2.60. The average Bonchev–Trinajstić information content (AvgIpc) is 3.03. The smallest absolute Gasteiger partial charge is 0.0352 e. The van der Waals surface area contributed by atoms with Crippen LogP contribution in [0.1, 0.15) is 98.3 Å². The molecule has 0 N–H and O–H groups in total. The predicted molar refractivity (Wildman–Crippen MR) is 108 cm³/mol. The van der Waals surface area contributed by atoms with Crippen molar-refractivity contribution < 1.29 is 0 Å². The molecule has 0 aromatic carbocycles. The minimum absolute atomic E-state index is 0.996. The molecule has 0 spiro atoms. The topological polar surface area (TPSA) is 0 Å². The predicted octanol–water partition coefficient (Wildman–Crippen LogP) is 7.57. The molecular weight excluding hydrogens is 300 g/mol. The van der Waals surface area contributed by atoms with Gasteiger partial charge in [-0.05, 0) is 97.7 Å². The Morgan fingerprint density at radius 3 is 1.24 bits per heavy atom. The fraction of sp³-hybridized carbons (Fsp3) is 1.00. The van der Waals surface area contributed by atoms with Crippen molar-refractivity contribution in [2.45, 2.75) is 98.3 Å². The Hall–Kier alpha value is 0. The van der Waals surface area contributed by atoms with Crippen LogP contribution in [0.5, 0.6) is 0 Å². The monoisotopic (exact) mass is 344 g/mol. The summed E-state index contributed by atoms with van der Waals surface area (Å²) in [5.74, 6) is 10.5. The van der Waals surface area contributed by atoms with E-state index in [0.29, 0.717) is 0 Å². The molecule has 4 saturated carbocycles. The van der Waals surface area contributed by atoms with Crippen LogP contribution < -0.4 is 0 Å². The summed E-state index contributed by atoms with van der Waals surface area (Å²) >= 11 is 0. The summed E-state index contributed by atoms with van der Waals surface area (Å²) in [6, 6.07) is 0. The van der Waals surface area contributed by atoms with E-state index < -0.39 is 0 Å². The van der Waals surface area contributed by atoms with Crippen LogP contribution in [0.4, 0.5) is 0 Å². The first kappa shape index (κ1) is 18.4. The fourth-order valence-electron chi connectivity index (χ4n) is 8.63. The Morgan fingerprint density at radius 1 is 0.480 bits per heavy atom. The highest BCUT2D eigenvalue weighted by Crippen LogP contribution is 2.56. The van der Waals surface area contributed by atoms with E-state index in [2.05, 4.69) is 27.7 Å². The molecule has 4 aliphatic carbocycles. The molecule has 0 aromatic heterocycles. The zero-order valence-electron chi connectivity index (χ0n) is 17.6. The molecule has 0 saturated heterocycles. The Kier molecular flexibility index (Phi) is 5.55. The zero-order valence-corrected chi connectivity index (χ0v) is 17.6. The van der Waals surface area contributed by atoms with Crippen LogP contribution in [0.25, 0.3) is 0 Å². The van der Waals surface area contributed by atoms with Crippen LogP contribution in [0.15, 0.2) is 0 Å². The Morgan fingerprint density at radius 2 is 0.840 bits per heavy atom. The second-order valence-electron chi connectivity index (χ2n) is 10.9. The molecule has 4 rings (SSSR count). The highest BCUT2D eigenvalue weighted by molar-refractivity contribution is 4.97. The first-order chi connectivity index (χ1) is 12.1. The second kappa shape index (κ2) is 7.55. The summed E-state index contributed by atoms with van der Waals surface area (Å²) in [7, 11) is 0. The summed E-state index contributed by atoms with van der Waals surface area (Å²) < 4.78 is 0. The molecule has 10 unspecified atom stereocenters. The van der Waals surface area contributed by atoms with Crippen molar-refractivity contribution in [2.24, 2.45) is 59.2 Å². The highest BCUT2D eigenvalue weighted by atomic mass is 14.5. The lowest BCUT2D eigenvalue weighted by Gasteiger charge is -2.32. The normalized spacial score (nSPS) is 52.8. The van der Waals surface area contributed by atoms with E-state index in [0.717, 1.165) is 59.2 Å². The minimum Gasteiger partial charge on any atom is -0.0620 e. The molecule has 0 nitrogen and oxygen atoms in total. The molecule has 0 aromatic rings. The Balaban J connectivity index is 1.34. The standard InChI is InChI=1S/C25H44/c1-16-18(3)22(24-12-7-5-10-20(16)24)14-9-15-23-19(4)17(2)21-11-6-8-13-25(21)23/h16-25H,5-15H2,1-4H3. The number of hydrogen-bond donors (Lipinski definition) is 0. The van der Waals surface area contributed by atoms with Gasteiger partial charge in [-0.3, -0.25) is 0 Å². The quantitative estimate of drug-likeness (QED) is 0.493. The van der Waals surface area contributed by atoms with Crippen molar-refractivity contribution in [2.75, 3.05) is 0 Å². The number of hydrogen-bond acceptors (Lipinski definition) is 0. The molecule has 4 aliphatic rings. The van der Waals surface area contributed by atoms with Gasteiger partial charge < -0.3 is 0 Å². The van der Waals surface area contributed by atoms with E-state index in [1.54, 1.807) is 38.5 Å². The van der Waals surface area contributed by atoms with Gasteiger partial charge in [0.25, 0.3) is 0 Å². The van der Waals surface area contributed by atoms with Gasteiger partial charge in [0.2, 0.25) is 0 Å². The van der Waals surface area contributed by atoms with Crippen LogP contribution in [-0.2, 0) is 0 Å². The van der Waals surface area contributed by atoms with Crippen molar-refractivity contribution in [1.82, 2.24) is 0 Å². The Bertz CT molecular complexity index is 399. The molecule has 0 aliphatic heterocycles. The van der Waals surface area contributed by atoms with Crippen LogP contribution in [0.3, 0.4) is 0 Å². The van der Waals surface area contributed by atoms with Crippen molar-refractivity contribution in [3.8, 4) is 0 Å². The van der Waals surface area contributed by atoms with Crippen LogP contribution in [0, 0.1) is 59.2 Å². The van der Waals surface area contributed by atoms with E-state index in [1.807, 2.05) is 0 Å². The third-order valence-corrected chi connectivity index (χ3v) is 10.3. The summed E-state index contributed by atoms with van der Waals surface area (Å²) in [6.45, 7) is 10.4. The van der Waals surface area contributed by atoms with Crippen molar-refractivity contribution in [1.29, 1.82) is 0 Å². The van der Waals surface area contributed by atoms with Gasteiger partial charge in [-0.2, -0.15) is 0 Å². The van der Waals surface area contributed by atoms with E-state index in [1.165, 1.54) is 32.1 Å². The molecule has 144 valence electrons. The van der Waals surface area contributed by atoms with E-state index >= 15 is 0 Å². The molecule has 4 fully saturated rings. The van der Waals surface area contributed by atoms with E-state index in [-0.39, 0.29) is 0 Å². The first-order valence-corrected chi connectivity index (χ1v) is 12.1. The van der Waals surface area contributed by atoms with Crippen LogP contribution >= 0.6 is 0 Å². The lowest BCUT2D eigenvalue weighted by Crippen LogP contribution is -2.22. The first-order valence-electron chi connectivity index (χ1n) is 12.1. The second-order valence-corrected chi connectivity index (χ2v) is 10.9. The third-order valence-electron chi connectivity index (χ3n) is 10.3. The van der Waals surface area contributed by atoms with Crippen molar-refractivity contribution >= 4 is 0 Å². The SMILES string of the molecule is CC1C(C)C(CCCC2C(C)C(C)C3CCCCC32)C2CCCCC12. The molecule has 0 heterocycles. The lowest BCUT2D eigenvalue weighted by molar-refractivity contribution is 0.181. The van der Waals surface area contributed by atoms with Gasteiger partial charge in [0.15, 0.2) is 0 Å². The van der Waals surface area contributed by atoms with Gasteiger partial charge in [-0.1, -0.05) is 59.8 Å². The number of rotatable bonds is 4. The highest BCUT2D eigenvalue weighted by Gasteiger charge is 2.48. The largest absolute Gasteiger partial charge is 0.0620 e. The van der Waals surface area contributed by atoms with Gasteiger partial charge in [0, 0.05) is 0 Å². The maximum absolute atomic E-state index is 2.60. The summed E-state index contributed by atoms with van der Waals surface area (Å²) in [4.78, 5) is 0. The molecule has 0 radical (unpaired) electrons. The van der Waals surface area contributed by atoms with Gasteiger partial charge in [0.05, 0.1) is 0 Å². The van der Waals surface area contributed by atoms with Gasteiger partial charge in [-0.25, -0.2) is 0 Å². The van der Waals surface area contributed by atoms with Crippen LogP contribution in [-0.4, -0.2) is 0 Å². The summed E-state index contributed by atoms with van der Waals surface area (Å²) in [6.07, 6.45) is 17.0. The minimum atomic E-state index is 0.996. The molecule has 0 bridgehead atoms. The Labute approximate surface area is 157 Å². The summed E-state index contributed by atoms with van der Waals surface area (Å²) in [5.41, 5.74) is 0. The fourth-order valence-corrected chi connectivity index (χ4v) is 8.63. The molecule has 0 amide bonds. The van der Waals surface area contributed by atoms with Crippen molar-refractivity contribution in [3.05, 3.63) is 0 Å². The number of fused-ring (bicyclic) bond motifs is 2. The molecular formula is C25H44. The average molecular weight is 345 g/mol. The molecule has 0 heteroatoms. The zero-order chi connectivity index (χ0) is 17.6. The van der Waals surface area contributed by atoms with E-state index in [9.17, 15) is 0 Å². The lowest BCUT2D eigenvalue weighted by atomic mass is 9.73. The maximum Gasteiger partial charge on any atom is -0.0352 e. The van der Waals surface area contributed by atoms with E-state index in [4.69, 9.17) is 0 Å². The van der Waals surface area contributed by atoms with Gasteiger partial charge >= 0.3 is 0 Å². The molecule has 25 heavy (non-hydrogen) atoms. The van der Waals surface area contributed by atoms with Gasteiger partial charge in [-0.15, -0.1) is 0 Å². The summed E-state index contributed by atoms with van der Waals surface area (Å²) in [5, 5.41) is 0. The third kappa shape index (κ3) is 3.23. The molecule has 10 atom stereocenters.